The number of aliphatic hydroxyl groups is 4. The van der Waals surface area contributed by atoms with Crippen LogP contribution in [0, 0.1) is 164 Å². The van der Waals surface area contributed by atoms with Crippen molar-refractivity contribution in [3.8, 4) is 0 Å². The predicted molar refractivity (Wildman–Crippen MR) is 341 cm³/mol. The highest BCUT2D eigenvalue weighted by Gasteiger charge is 2.80. The summed E-state index contributed by atoms with van der Waals surface area (Å²) in [5.41, 5.74) is -3.43. The van der Waals surface area contributed by atoms with Crippen LogP contribution in [-0.2, 0) is 38.1 Å². The van der Waals surface area contributed by atoms with Crippen molar-refractivity contribution in [1.82, 2.24) is 0 Å². The van der Waals surface area contributed by atoms with Gasteiger partial charge in [0.25, 0.3) is 0 Å². The Morgan fingerprint density at radius 1 is 0.352 bits per heavy atom. The largest absolute Gasteiger partial charge is 0.459 e. The molecule has 0 spiro atoms. The fourth-order valence-electron chi connectivity index (χ4n) is 29.9. The predicted octanol–water partition coefficient (Wildman–Crippen LogP) is 13.8. The molecule has 0 aliphatic heterocycles. The van der Waals surface area contributed by atoms with Crippen molar-refractivity contribution < 1.29 is 58.6 Å². The number of hydrogen-bond donors (Lipinski definition) is 4. The van der Waals surface area contributed by atoms with Crippen molar-refractivity contribution in [3.63, 3.8) is 0 Å². The summed E-state index contributed by atoms with van der Waals surface area (Å²) < 4.78 is 25.3. The van der Waals surface area contributed by atoms with E-state index < -0.39 is 16.6 Å². The molecule has 28 fully saturated rings. The van der Waals surface area contributed by atoms with Gasteiger partial charge in [-0.1, -0.05) is 34.6 Å². The number of rotatable bonds is 12. The first-order chi connectivity index (χ1) is 42.8. The van der Waals surface area contributed by atoms with Gasteiger partial charge in [0, 0.05) is 23.7 Å². The van der Waals surface area contributed by atoms with Gasteiger partial charge in [-0.3, -0.25) is 19.2 Å². The highest BCUT2D eigenvalue weighted by Crippen LogP contribution is 2.79. The van der Waals surface area contributed by atoms with Gasteiger partial charge in [-0.2, -0.15) is 0 Å². The van der Waals surface area contributed by atoms with Crippen molar-refractivity contribution in [2.24, 2.45) is 164 Å². The summed E-state index contributed by atoms with van der Waals surface area (Å²) in [6.07, 6.45) is 29.6. The van der Waals surface area contributed by atoms with E-state index in [9.17, 15) is 39.6 Å². The second kappa shape index (κ2) is 19.8. The Bertz CT molecular complexity index is 2730. The SMILES string of the molecule is CCC(C)(C)C(=O)OC12CC3C4CC5(O)CC3C(C1)C(C5)C4C2.CCC(C)(C)C(=O)OC12CC3C4CC5(O)CC3C(C1)C(C5)C4C2.CCC(C)(C)C(=O)OC12CC3CC4C1CC1CC2C(C3)C4(O)C1.CCC(C)C(=O)OC12CC3CC4C1CC1CC2C(C3)C4(O)C1. The van der Waals surface area contributed by atoms with Gasteiger partial charge >= 0.3 is 23.9 Å². The summed E-state index contributed by atoms with van der Waals surface area (Å²) in [5.74, 6) is 14.6. The van der Waals surface area contributed by atoms with Crippen LogP contribution in [0.4, 0.5) is 0 Å². The van der Waals surface area contributed by atoms with E-state index in [0.717, 1.165) is 128 Å². The molecule has 0 aromatic rings. The van der Waals surface area contributed by atoms with Crippen LogP contribution in [-0.4, -0.2) is 89.1 Å². The molecule has 91 heavy (non-hydrogen) atoms. The second-order valence-corrected chi connectivity index (χ2v) is 39.8. The molecule has 28 aliphatic rings. The third-order valence-corrected chi connectivity index (χ3v) is 34.6. The minimum absolute atomic E-state index is 0.000451. The smallest absolute Gasteiger partial charge is 0.312 e. The maximum atomic E-state index is 12.9. The fraction of sp³-hybridized carbons (Fsp3) is 0.949. The van der Waals surface area contributed by atoms with Crippen molar-refractivity contribution >= 4 is 23.9 Å². The number of carbonyl (C=O) groups excluding carboxylic acids is 4. The Morgan fingerprint density at radius 3 is 0.868 bits per heavy atom. The molecule has 28 saturated carbocycles. The van der Waals surface area contributed by atoms with Gasteiger partial charge in [0.05, 0.1) is 44.6 Å². The van der Waals surface area contributed by atoms with Crippen molar-refractivity contribution in [3.05, 3.63) is 0 Å². The number of hydrogen-bond acceptors (Lipinski definition) is 12. The molecule has 28 aliphatic carbocycles. The van der Waals surface area contributed by atoms with Crippen LogP contribution in [0.15, 0.2) is 0 Å². The summed E-state index contributed by atoms with van der Waals surface area (Å²) in [6, 6.07) is 0. The zero-order chi connectivity index (χ0) is 63.9. The highest BCUT2D eigenvalue weighted by molar-refractivity contribution is 5.77. The minimum atomic E-state index is -0.427. The lowest BCUT2D eigenvalue weighted by Crippen LogP contribution is -2.78. The van der Waals surface area contributed by atoms with E-state index in [1.54, 1.807) is 0 Å². The van der Waals surface area contributed by atoms with E-state index in [2.05, 4.69) is 27.7 Å². The summed E-state index contributed by atoms with van der Waals surface area (Å²) >= 11 is 0. The van der Waals surface area contributed by atoms with Crippen molar-refractivity contribution in [1.29, 1.82) is 0 Å². The van der Waals surface area contributed by atoms with Crippen LogP contribution in [0.25, 0.3) is 0 Å². The molecular weight excluding hydrogens is 1140 g/mol. The van der Waals surface area contributed by atoms with E-state index in [4.69, 9.17) is 18.9 Å². The second-order valence-electron chi connectivity index (χ2n) is 39.8. The van der Waals surface area contributed by atoms with Gasteiger partial charge in [-0.05, 0) is 340 Å². The summed E-state index contributed by atoms with van der Waals surface area (Å²) in [6.45, 7) is 22.3. The molecule has 0 amide bonds. The molecule has 0 saturated heterocycles. The lowest BCUT2D eigenvalue weighted by molar-refractivity contribution is -0.345. The Balaban J connectivity index is 0.0000000932. The van der Waals surface area contributed by atoms with Gasteiger partial charge in [-0.25, -0.2) is 0 Å². The number of carbonyl (C=O) groups is 4. The summed E-state index contributed by atoms with van der Waals surface area (Å²) in [5, 5.41) is 44.5. The molecule has 0 heterocycles. The van der Waals surface area contributed by atoms with Gasteiger partial charge in [0.1, 0.15) is 22.4 Å². The van der Waals surface area contributed by atoms with E-state index in [-0.39, 0.29) is 74.2 Å². The van der Waals surface area contributed by atoms with E-state index >= 15 is 0 Å². The van der Waals surface area contributed by atoms with Gasteiger partial charge in [-0.15, -0.1) is 0 Å². The first kappa shape index (κ1) is 62.3. The van der Waals surface area contributed by atoms with Gasteiger partial charge < -0.3 is 39.4 Å². The van der Waals surface area contributed by atoms with Gasteiger partial charge in [0.15, 0.2) is 0 Å². The highest BCUT2D eigenvalue weighted by atomic mass is 16.6. The molecule has 32 bridgehead atoms. The molecule has 506 valence electrons. The molecule has 9 atom stereocenters. The molecule has 0 radical (unpaired) electrons. The first-order valence-corrected chi connectivity index (χ1v) is 38.6. The lowest BCUT2D eigenvalue weighted by Gasteiger charge is -2.75. The van der Waals surface area contributed by atoms with Crippen LogP contribution in [0.1, 0.15) is 256 Å². The summed E-state index contributed by atoms with van der Waals surface area (Å²) in [4.78, 5) is 50.9. The van der Waals surface area contributed by atoms with Crippen LogP contribution in [0.3, 0.4) is 0 Å². The van der Waals surface area contributed by atoms with E-state index in [0.29, 0.717) is 142 Å². The van der Waals surface area contributed by atoms with Gasteiger partial charge in [0.2, 0.25) is 0 Å². The third kappa shape index (κ3) is 8.54. The maximum Gasteiger partial charge on any atom is 0.312 e. The number of esters is 4. The quantitative estimate of drug-likeness (QED) is 0.107. The average Bonchev–Trinajstić information content (AvgIpc) is 0.664. The van der Waals surface area contributed by atoms with E-state index in [1.165, 1.54) is 51.4 Å². The monoisotopic (exact) mass is 1260 g/mol. The topological polar surface area (TPSA) is 186 Å². The molecule has 12 heteroatoms. The van der Waals surface area contributed by atoms with Crippen molar-refractivity contribution in [2.45, 2.75) is 301 Å². The summed E-state index contributed by atoms with van der Waals surface area (Å²) in [7, 11) is 0. The normalized spacial score (nSPS) is 56.1. The first-order valence-electron chi connectivity index (χ1n) is 38.6. The number of ether oxygens (including phenoxy) is 4. The molecule has 28 rings (SSSR count). The van der Waals surface area contributed by atoms with Crippen LogP contribution < -0.4 is 0 Å². The molecule has 0 aromatic heterocycles. The van der Waals surface area contributed by atoms with Crippen LogP contribution >= 0.6 is 0 Å². The molecule has 12 nitrogen and oxygen atoms in total. The Kier molecular flexibility index (Phi) is 13.5. The lowest BCUT2D eigenvalue weighted by atomic mass is 9.32. The average molecular weight is 1260 g/mol. The molecule has 4 N–H and O–H groups in total. The van der Waals surface area contributed by atoms with E-state index in [1.807, 2.05) is 48.5 Å². The Hall–Kier alpha value is -2.28. The van der Waals surface area contributed by atoms with Crippen LogP contribution in [0.2, 0.25) is 0 Å². The maximum absolute atomic E-state index is 12.9. The van der Waals surface area contributed by atoms with Crippen LogP contribution in [0.5, 0.6) is 0 Å². The fourth-order valence-corrected chi connectivity index (χ4v) is 29.9. The van der Waals surface area contributed by atoms with Crippen molar-refractivity contribution in [2.75, 3.05) is 0 Å². The molecular formula is C79H118O12. The Labute approximate surface area is 544 Å². The zero-order valence-electron chi connectivity index (χ0n) is 57.8. The Morgan fingerprint density at radius 2 is 0.593 bits per heavy atom. The zero-order valence-corrected chi connectivity index (χ0v) is 57.8. The molecule has 0 aromatic carbocycles. The minimum Gasteiger partial charge on any atom is -0.459 e. The third-order valence-electron chi connectivity index (χ3n) is 34.6. The molecule has 9 unspecified atom stereocenters. The standard InChI is InChI=1S/3C20H30O3.C19H28O3/c1-4-18(2,3)17(21)23-20-10-12-5-13-15(20)7-11-8-16(20)14(6-12)19(13,22)9-11;2*1-4-18(2,3)17(21)23-20-8-14-11-5-19(22)6-12(14)16(10-20)13(7-19)15(11)9-20;1-3-10(2)17(20)22-19-9-12-4-13-15(19)6-11-7-16(19)14(5-12)18(13,21)8-11/h3*11-16,22H,4-10H2,1-3H3;10-16,21H,3-9H2,1-2H3.